The van der Waals surface area contributed by atoms with Gasteiger partial charge >= 0.3 is 5.76 Å². The van der Waals surface area contributed by atoms with E-state index in [0.29, 0.717) is 22.8 Å². The van der Waals surface area contributed by atoms with Crippen LogP contribution in [-0.4, -0.2) is 43.1 Å². The van der Waals surface area contributed by atoms with Crippen molar-refractivity contribution in [1.29, 1.82) is 0 Å². The lowest BCUT2D eigenvalue weighted by molar-refractivity contribution is 0.248. The number of nitrogens with two attached hydrogens (primary N) is 1. The summed E-state index contributed by atoms with van der Waals surface area (Å²) in [5.74, 6) is -0.448. The van der Waals surface area contributed by atoms with Gasteiger partial charge in [0, 0.05) is 25.7 Å². The van der Waals surface area contributed by atoms with Crippen molar-refractivity contribution in [2.75, 3.05) is 37.8 Å². The van der Waals surface area contributed by atoms with Crippen LogP contribution in [0.2, 0.25) is 0 Å². The number of likely N-dealkylation sites (tertiary alicyclic amines) is 1. The number of fused-ring (bicyclic) bond motifs is 1. The molecule has 1 aromatic carbocycles. The van der Waals surface area contributed by atoms with E-state index in [9.17, 15) is 4.79 Å². The van der Waals surface area contributed by atoms with Gasteiger partial charge in [0.25, 0.3) is 0 Å². The topological polar surface area (TPSA) is 78.5 Å². The molecule has 1 aliphatic rings. The number of nitrogen functional groups attached to an aromatic ring is 1. The van der Waals surface area contributed by atoms with Crippen molar-refractivity contribution in [3.05, 3.63) is 22.7 Å². The second-order valence-electron chi connectivity index (χ2n) is 5.59. The molecule has 3 N–H and O–H groups in total. The monoisotopic (exact) mass is 276 g/mol. The Morgan fingerprint density at radius 3 is 3.05 bits per heavy atom. The molecule has 3 rings (SSSR count). The number of aromatic amines is 1. The highest BCUT2D eigenvalue weighted by Crippen LogP contribution is 2.30. The number of oxazole rings is 1. The normalized spacial score (nSPS) is 20.4. The summed E-state index contributed by atoms with van der Waals surface area (Å²) in [7, 11) is 4.19. The zero-order valence-corrected chi connectivity index (χ0v) is 11.8. The quantitative estimate of drug-likeness (QED) is 0.807. The Kier molecular flexibility index (Phi) is 3.17. The molecule has 0 spiro atoms. The fourth-order valence-corrected chi connectivity index (χ4v) is 2.96. The lowest BCUT2D eigenvalue weighted by Crippen LogP contribution is -2.45. The molecule has 6 heteroatoms. The number of piperidine rings is 1. The summed E-state index contributed by atoms with van der Waals surface area (Å²) in [6, 6.07) is 4.04. The third-order valence-corrected chi connectivity index (χ3v) is 4.10. The van der Waals surface area contributed by atoms with Gasteiger partial charge in [0.15, 0.2) is 5.58 Å². The second-order valence-corrected chi connectivity index (χ2v) is 5.59. The van der Waals surface area contributed by atoms with E-state index in [2.05, 4.69) is 28.9 Å². The first-order valence-electron chi connectivity index (χ1n) is 6.88. The van der Waals surface area contributed by atoms with Gasteiger partial charge in [-0.1, -0.05) is 0 Å². The van der Waals surface area contributed by atoms with E-state index in [-0.39, 0.29) is 0 Å². The molecule has 0 amide bonds. The van der Waals surface area contributed by atoms with E-state index in [0.717, 1.165) is 25.2 Å². The molecule has 1 aliphatic heterocycles. The Labute approximate surface area is 117 Å². The molecule has 0 aliphatic carbocycles. The van der Waals surface area contributed by atoms with Crippen molar-refractivity contribution in [2.24, 2.45) is 0 Å². The Bertz CT molecular complexity index is 675. The van der Waals surface area contributed by atoms with Crippen LogP contribution in [0.1, 0.15) is 12.8 Å². The number of anilines is 2. The number of nitrogens with one attached hydrogen (secondary N) is 1. The van der Waals surface area contributed by atoms with Crippen LogP contribution in [0.5, 0.6) is 0 Å². The minimum Gasteiger partial charge on any atom is -0.408 e. The van der Waals surface area contributed by atoms with Crippen molar-refractivity contribution >= 4 is 22.5 Å². The van der Waals surface area contributed by atoms with Crippen molar-refractivity contribution in [3.63, 3.8) is 0 Å². The first-order chi connectivity index (χ1) is 9.54. The zero-order valence-electron chi connectivity index (χ0n) is 11.8. The van der Waals surface area contributed by atoms with Crippen LogP contribution < -0.4 is 16.4 Å². The third kappa shape index (κ3) is 2.27. The highest BCUT2D eigenvalue weighted by atomic mass is 16.4. The molecule has 2 aromatic rings. The highest BCUT2D eigenvalue weighted by molar-refractivity contribution is 5.85. The predicted molar refractivity (Wildman–Crippen MR) is 80.2 cm³/mol. The number of aromatic nitrogens is 1. The molecule has 108 valence electrons. The summed E-state index contributed by atoms with van der Waals surface area (Å²) in [5.41, 5.74) is 8.88. The second kappa shape index (κ2) is 4.86. The van der Waals surface area contributed by atoms with Gasteiger partial charge in [0.05, 0.1) is 16.9 Å². The van der Waals surface area contributed by atoms with Crippen LogP contribution in [0.15, 0.2) is 21.3 Å². The van der Waals surface area contributed by atoms with Crippen LogP contribution >= 0.6 is 0 Å². The maximum absolute atomic E-state index is 11.2. The standard InChI is InChI=1S/C14H20N4O2/c1-17-5-3-4-9(8-17)18(2)12-7-11-13(6-10(12)15)20-14(19)16-11/h6-7,9H,3-5,8,15H2,1-2H3,(H,16,19). The minimum atomic E-state index is -0.448. The Morgan fingerprint density at radius 2 is 2.30 bits per heavy atom. The molecule has 1 fully saturated rings. The minimum absolute atomic E-state index is 0.437. The number of nitrogens with zero attached hydrogens (tertiary/aromatic N) is 2. The summed E-state index contributed by atoms with van der Waals surface area (Å²) >= 11 is 0. The van der Waals surface area contributed by atoms with Gasteiger partial charge in [0.1, 0.15) is 0 Å². The molecule has 1 aromatic heterocycles. The van der Waals surface area contributed by atoms with Gasteiger partial charge in [0.2, 0.25) is 0 Å². The van der Waals surface area contributed by atoms with Crippen LogP contribution in [0.4, 0.5) is 11.4 Å². The molecule has 1 saturated heterocycles. The number of hydrogen-bond donors (Lipinski definition) is 2. The first kappa shape index (κ1) is 13.1. The van der Waals surface area contributed by atoms with Crippen molar-refractivity contribution in [1.82, 2.24) is 9.88 Å². The van der Waals surface area contributed by atoms with Crippen molar-refractivity contribution in [2.45, 2.75) is 18.9 Å². The van der Waals surface area contributed by atoms with E-state index in [4.69, 9.17) is 10.2 Å². The predicted octanol–water partition coefficient (Wildman–Crippen LogP) is 1.23. The average Bonchev–Trinajstić information content (AvgIpc) is 2.76. The highest BCUT2D eigenvalue weighted by Gasteiger charge is 2.23. The van der Waals surface area contributed by atoms with E-state index in [1.165, 1.54) is 6.42 Å². The van der Waals surface area contributed by atoms with E-state index >= 15 is 0 Å². The van der Waals surface area contributed by atoms with Gasteiger partial charge in [-0.2, -0.15) is 0 Å². The summed E-state index contributed by atoms with van der Waals surface area (Å²) in [5, 5.41) is 0. The Hall–Kier alpha value is -1.95. The van der Waals surface area contributed by atoms with Gasteiger partial charge < -0.3 is 20.0 Å². The lowest BCUT2D eigenvalue weighted by Gasteiger charge is -2.37. The molecule has 0 bridgehead atoms. The molecule has 0 radical (unpaired) electrons. The van der Waals surface area contributed by atoms with E-state index < -0.39 is 5.76 Å². The largest absolute Gasteiger partial charge is 0.417 e. The molecule has 6 nitrogen and oxygen atoms in total. The van der Waals surface area contributed by atoms with Gasteiger partial charge in [-0.05, 0) is 32.5 Å². The fourth-order valence-electron chi connectivity index (χ4n) is 2.96. The Balaban J connectivity index is 1.95. The molecule has 20 heavy (non-hydrogen) atoms. The van der Waals surface area contributed by atoms with Crippen LogP contribution in [0.3, 0.4) is 0 Å². The SMILES string of the molecule is CN1CCCC(N(C)c2cc3[nH]c(=O)oc3cc2N)C1. The van der Waals surface area contributed by atoms with Gasteiger partial charge in [-0.25, -0.2) is 4.79 Å². The number of benzene rings is 1. The van der Waals surface area contributed by atoms with Gasteiger partial charge in [-0.15, -0.1) is 0 Å². The summed E-state index contributed by atoms with van der Waals surface area (Å²) in [6.07, 6.45) is 2.34. The van der Waals surface area contributed by atoms with Crippen LogP contribution in [0, 0.1) is 0 Å². The number of rotatable bonds is 2. The molecular weight excluding hydrogens is 256 g/mol. The molecular formula is C14H20N4O2. The van der Waals surface area contributed by atoms with E-state index in [1.807, 2.05) is 6.07 Å². The zero-order chi connectivity index (χ0) is 14.3. The summed E-state index contributed by atoms with van der Waals surface area (Å²) < 4.78 is 5.03. The smallest absolute Gasteiger partial charge is 0.408 e. The maximum Gasteiger partial charge on any atom is 0.417 e. The van der Waals surface area contributed by atoms with Crippen molar-refractivity contribution < 1.29 is 4.42 Å². The maximum atomic E-state index is 11.2. The van der Waals surface area contributed by atoms with Gasteiger partial charge in [-0.3, -0.25) is 4.98 Å². The molecule has 1 unspecified atom stereocenters. The Morgan fingerprint density at radius 1 is 1.50 bits per heavy atom. The summed E-state index contributed by atoms with van der Waals surface area (Å²) in [6.45, 7) is 2.17. The van der Waals surface area contributed by atoms with Crippen molar-refractivity contribution in [3.8, 4) is 0 Å². The van der Waals surface area contributed by atoms with E-state index in [1.54, 1.807) is 6.07 Å². The lowest BCUT2D eigenvalue weighted by atomic mass is 10.0. The fraction of sp³-hybridized carbons (Fsp3) is 0.500. The molecule has 0 saturated carbocycles. The number of hydrogen-bond acceptors (Lipinski definition) is 5. The first-order valence-corrected chi connectivity index (χ1v) is 6.88. The van der Waals surface area contributed by atoms with Crippen LogP contribution in [0.25, 0.3) is 11.1 Å². The number of H-pyrrole nitrogens is 1. The third-order valence-electron chi connectivity index (χ3n) is 4.10. The average molecular weight is 276 g/mol. The van der Waals surface area contributed by atoms with Crippen LogP contribution in [-0.2, 0) is 0 Å². The number of likely N-dealkylation sites (N-methyl/N-ethyl adjacent to an activating group) is 2. The summed E-state index contributed by atoms with van der Waals surface area (Å²) in [4.78, 5) is 18.5. The molecule has 2 heterocycles. The molecule has 1 atom stereocenters.